The SMILES string of the molecule is c1ccc2c(-c3c4ccccc4c(-c4ccc5cc(-c6ccc7c(c6)sc6cc8sc9ccc%10ccccc%10c9c8cc67)ccc5c4)c4ccccc34)cccc2c1. The molecule has 0 atom stereocenters. The van der Waals surface area contributed by atoms with Crippen LogP contribution in [0.1, 0.15) is 0 Å². The van der Waals surface area contributed by atoms with Crippen molar-refractivity contribution in [3.8, 4) is 33.4 Å². The second kappa shape index (κ2) is 12.3. The molecule has 0 aliphatic rings. The van der Waals surface area contributed by atoms with Crippen LogP contribution < -0.4 is 0 Å². The normalized spacial score (nSPS) is 12.1. The van der Waals surface area contributed by atoms with Gasteiger partial charge in [-0.25, -0.2) is 0 Å². The first-order valence-electron chi connectivity index (χ1n) is 19.9. The molecule has 13 rings (SSSR count). The number of benzene rings is 11. The Bertz CT molecular complexity index is 3800. The van der Waals surface area contributed by atoms with Crippen molar-refractivity contribution in [2.45, 2.75) is 0 Å². The molecule has 268 valence electrons. The quantitative estimate of drug-likeness (QED) is 0.157. The Kier molecular flexibility index (Phi) is 6.86. The lowest BCUT2D eigenvalue weighted by Crippen LogP contribution is -1.91. The third kappa shape index (κ3) is 4.74. The molecule has 0 spiro atoms. The van der Waals surface area contributed by atoms with Crippen LogP contribution in [0.4, 0.5) is 0 Å². The van der Waals surface area contributed by atoms with Crippen LogP contribution in [0.15, 0.2) is 194 Å². The van der Waals surface area contributed by atoms with Gasteiger partial charge in [-0.2, -0.15) is 0 Å². The largest absolute Gasteiger partial charge is 0.135 e. The van der Waals surface area contributed by atoms with Gasteiger partial charge in [0.25, 0.3) is 0 Å². The molecule has 11 aromatic carbocycles. The molecule has 0 N–H and O–H groups in total. The van der Waals surface area contributed by atoms with E-state index in [-0.39, 0.29) is 0 Å². The molecule has 0 bridgehead atoms. The smallest absolute Gasteiger partial charge is 0.0370 e. The molecule has 0 aliphatic heterocycles. The molecule has 58 heavy (non-hydrogen) atoms. The van der Waals surface area contributed by atoms with Crippen LogP contribution in [0.3, 0.4) is 0 Å². The van der Waals surface area contributed by atoms with Crippen molar-refractivity contribution in [1.82, 2.24) is 0 Å². The topological polar surface area (TPSA) is 0 Å². The molecule has 13 aromatic rings. The summed E-state index contributed by atoms with van der Waals surface area (Å²) in [5.74, 6) is 0. The lowest BCUT2D eigenvalue weighted by molar-refractivity contribution is 1.67. The fraction of sp³-hybridized carbons (Fsp3) is 0. The van der Waals surface area contributed by atoms with Gasteiger partial charge in [0.1, 0.15) is 0 Å². The van der Waals surface area contributed by atoms with Gasteiger partial charge in [0, 0.05) is 40.3 Å². The Morgan fingerprint density at radius 3 is 1.52 bits per heavy atom. The number of fused-ring (bicyclic) bond motifs is 12. The van der Waals surface area contributed by atoms with E-state index in [2.05, 4.69) is 194 Å². The second-order valence-electron chi connectivity index (χ2n) is 15.6. The molecule has 2 heteroatoms. The molecule has 0 saturated heterocycles. The molecule has 0 saturated carbocycles. The standard InChI is InChI=1S/C56H32S2/c1-3-13-40-33(10-1)12-9-19-43(40)55-46-17-7-5-15-44(46)54(45-16-6-8-18-47(45)55)39-23-22-35-28-36(20-21-37(35)29-39)38-24-26-42-48-31-49-53(32-52(48)58-51(42)30-38)57-50-27-25-34-11-2-4-14-41(34)56(49)50/h1-32H. The Labute approximate surface area is 342 Å². The van der Waals surface area contributed by atoms with Gasteiger partial charge in [0.15, 0.2) is 0 Å². The van der Waals surface area contributed by atoms with Crippen molar-refractivity contribution in [2.24, 2.45) is 0 Å². The summed E-state index contributed by atoms with van der Waals surface area (Å²) >= 11 is 3.82. The van der Waals surface area contributed by atoms with Gasteiger partial charge in [-0.1, -0.05) is 158 Å². The fourth-order valence-electron chi connectivity index (χ4n) is 9.75. The predicted molar refractivity (Wildman–Crippen MR) is 256 cm³/mol. The molecule has 0 radical (unpaired) electrons. The number of thiophene rings is 2. The summed E-state index contributed by atoms with van der Waals surface area (Å²) in [5.41, 5.74) is 7.61. The zero-order valence-corrected chi connectivity index (χ0v) is 32.9. The monoisotopic (exact) mass is 768 g/mol. The highest BCUT2D eigenvalue weighted by molar-refractivity contribution is 7.28. The molecule has 0 fully saturated rings. The highest BCUT2D eigenvalue weighted by Crippen LogP contribution is 2.47. The van der Waals surface area contributed by atoms with Crippen LogP contribution in [0.5, 0.6) is 0 Å². The minimum Gasteiger partial charge on any atom is -0.135 e. The highest BCUT2D eigenvalue weighted by Gasteiger charge is 2.19. The third-order valence-corrected chi connectivity index (χ3v) is 14.6. The Morgan fingerprint density at radius 1 is 0.241 bits per heavy atom. The van der Waals surface area contributed by atoms with Crippen LogP contribution in [0.25, 0.3) is 128 Å². The van der Waals surface area contributed by atoms with E-state index in [1.165, 1.54) is 128 Å². The third-order valence-electron chi connectivity index (χ3n) is 12.4. The van der Waals surface area contributed by atoms with Gasteiger partial charge in [0.05, 0.1) is 0 Å². The number of rotatable bonds is 3. The summed E-state index contributed by atoms with van der Waals surface area (Å²) in [6.45, 7) is 0. The van der Waals surface area contributed by atoms with Gasteiger partial charge in [-0.05, 0) is 124 Å². The second-order valence-corrected chi connectivity index (χ2v) is 17.7. The van der Waals surface area contributed by atoms with Crippen molar-refractivity contribution in [3.05, 3.63) is 194 Å². The minimum atomic E-state index is 1.24. The lowest BCUT2D eigenvalue weighted by atomic mass is 9.84. The zero-order valence-electron chi connectivity index (χ0n) is 31.3. The number of hydrogen-bond donors (Lipinski definition) is 0. The van der Waals surface area contributed by atoms with E-state index in [9.17, 15) is 0 Å². The fourth-order valence-corrected chi connectivity index (χ4v) is 12.1. The molecule has 0 amide bonds. The maximum atomic E-state index is 2.45. The van der Waals surface area contributed by atoms with Crippen molar-refractivity contribution in [1.29, 1.82) is 0 Å². The summed E-state index contributed by atoms with van der Waals surface area (Å²) in [5, 5.41) is 18.2. The molecule has 2 aromatic heterocycles. The first-order valence-corrected chi connectivity index (χ1v) is 21.5. The van der Waals surface area contributed by atoms with Crippen molar-refractivity contribution in [2.75, 3.05) is 0 Å². The number of hydrogen-bond acceptors (Lipinski definition) is 2. The lowest BCUT2D eigenvalue weighted by Gasteiger charge is -2.19. The minimum absolute atomic E-state index is 1.24. The Hall–Kier alpha value is -6.84. The molecule has 2 heterocycles. The van der Waals surface area contributed by atoms with Gasteiger partial charge in [0.2, 0.25) is 0 Å². The van der Waals surface area contributed by atoms with E-state index in [1.54, 1.807) is 0 Å². The molecular weight excluding hydrogens is 737 g/mol. The van der Waals surface area contributed by atoms with Crippen LogP contribution in [-0.4, -0.2) is 0 Å². The molecule has 0 nitrogen and oxygen atoms in total. The van der Waals surface area contributed by atoms with E-state index in [4.69, 9.17) is 0 Å². The van der Waals surface area contributed by atoms with Gasteiger partial charge in [-0.15, -0.1) is 22.7 Å². The summed E-state index contributed by atoms with van der Waals surface area (Å²) in [6, 6.07) is 72.6. The van der Waals surface area contributed by atoms with E-state index >= 15 is 0 Å². The van der Waals surface area contributed by atoms with Crippen LogP contribution in [0, 0.1) is 0 Å². The van der Waals surface area contributed by atoms with Gasteiger partial charge >= 0.3 is 0 Å². The zero-order chi connectivity index (χ0) is 37.9. The molecule has 0 unspecified atom stereocenters. The maximum Gasteiger partial charge on any atom is 0.0370 e. The predicted octanol–water partition coefficient (Wildman–Crippen LogP) is 17.2. The average Bonchev–Trinajstić information content (AvgIpc) is 3.83. The summed E-state index contributed by atoms with van der Waals surface area (Å²) in [7, 11) is 0. The van der Waals surface area contributed by atoms with Gasteiger partial charge < -0.3 is 0 Å². The average molecular weight is 769 g/mol. The van der Waals surface area contributed by atoms with Crippen LogP contribution in [-0.2, 0) is 0 Å². The molecule has 0 aliphatic carbocycles. The summed E-state index contributed by atoms with van der Waals surface area (Å²) < 4.78 is 5.41. The van der Waals surface area contributed by atoms with Gasteiger partial charge in [-0.3, -0.25) is 0 Å². The summed E-state index contributed by atoms with van der Waals surface area (Å²) in [4.78, 5) is 0. The Balaban J connectivity index is 0.925. The summed E-state index contributed by atoms with van der Waals surface area (Å²) in [6.07, 6.45) is 0. The van der Waals surface area contributed by atoms with Crippen LogP contribution in [0.2, 0.25) is 0 Å². The molecular formula is C56H32S2. The van der Waals surface area contributed by atoms with Crippen LogP contribution >= 0.6 is 22.7 Å². The Morgan fingerprint density at radius 2 is 0.759 bits per heavy atom. The van der Waals surface area contributed by atoms with E-state index in [1.807, 2.05) is 22.7 Å². The highest BCUT2D eigenvalue weighted by atomic mass is 32.1. The van der Waals surface area contributed by atoms with E-state index < -0.39 is 0 Å². The maximum absolute atomic E-state index is 2.45. The van der Waals surface area contributed by atoms with Crippen molar-refractivity contribution < 1.29 is 0 Å². The first kappa shape index (κ1) is 32.3. The van der Waals surface area contributed by atoms with E-state index in [0.29, 0.717) is 0 Å². The first-order chi connectivity index (χ1) is 28.7. The van der Waals surface area contributed by atoms with Crippen molar-refractivity contribution in [3.63, 3.8) is 0 Å². The van der Waals surface area contributed by atoms with E-state index in [0.717, 1.165) is 0 Å². The van der Waals surface area contributed by atoms with Crippen molar-refractivity contribution >= 4 is 117 Å².